The van der Waals surface area contributed by atoms with E-state index < -0.39 is 11.3 Å². The molecule has 0 saturated heterocycles. The van der Waals surface area contributed by atoms with Crippen LogP contribution >= 0.6 is 24.0 Å². The molecule has 6 heteroatoms. The minimum atomic E-state index is -0.867. The quantitative estimate of drug-likeness (QED) is 0.810. The molecule has 0 aliphatic carbocycles. The summed E-state index contributed by atoms with van der Waals surface area (Å²) < 4.78 is 10.3. The first kappa shape index (κ1) is 12.1. The number of fused-ring (bicyclic) bond motifs is 1. The van der Waals surface area contributed by atoms with Crippen LogP contribution in [0.4, 0.5) is 0 Å². The van der Waals surface area contributed by atoms with Crippen molar-refractivity contribution < 1.29 is 14.3 Å². The number of benzene rings is 1. The molecule has 82 valence electrons. The minimum absolute atomic E-state index is 0. The van der Waals surface area contributed by atoms with Crippen molar-refractivity contribution in [3.8, 4) is 11.5 Å². The van der Waals surface area contributed by atoms with Gasteiger partial charge in [-0.2, -0.15) is 0 Å². The fourth-order valence-corrected chi connectivity index (χ4v) is 1.44. The number of ether oxygens (including phenoxy) is 2. The SMILES string of the molecule is Cl.NC(C(=O)Cl)c1cccc2c1OCO2. The first-order chi connectivity index (χ1) is 6.70. The summed E-state index contributed by atoms with van der Waals surface area (Å²) in [6.45, 7) is 0.148. The summed E-state index contributed by atoms with van der Waals surface area (Å²) in [5.41, 5.74) is 6.15. The molecule has 1 aromatic carbocycles. The highest BCUT2D eigenvalue weighted by molar-refractivity contribution is 6.64. The van der Waals surface area contributed by atoms with Crippen LogP contribution in [0.3, 0.4) is 0 Å². The number of carbonyl (C=O) groups excluding carboxylic acids is 1. The average Bonchev–Trinajstić information content (AvgIpc) is 2.63. The number of rotatable bonds is 2. The molecule has 1 aromatic rings. The lowest BCUT2D eigenvalue weighted by atomic mass is 10.1. The fraction of sp³-hybridized carbons (Fsp3) is 0.222. The minimum Gasteiger partial charge on any atom is -0.454 e. The van der Waals surface area contributed by atoms with Crippen LogP contribution in [0, 0.1) is 0 Å². The molecule has 0 saturated carbocycles. The van der Waals surface area contributed by atoms with Crippen molar-refractivity contribution in [2.24, 2.45) is 5.73 Å². The third-order valence-corrected chi connectivity index (χ3v) is 2.24. The maximum Gasteiger partial charge on any atom is 0.243 e. The Hall–Kier alpha value is -0.970. The normalized spacial score (nSPS) is 14.3. The highest BCUT2D eigenvalue weighted by Gasteiger charge is 2.24. The van der Waals surface area contributed by atoms with Gasteiger partial charge in [0.05, 0.1) is 0 Å². The van der Waals surface area contributed by atoms with Gasteiger partial charge in [-0.1, -0.05) is 12.1 Å². The van der Waals surface area contributed by atoms with Crippen LogP contribution in [0.5, 0.6) is 11.5 Å². The summed E-state index contributed by atoms with van der Waals surface area (Å²) in [7, 11) is 0. The van der Waals surface area contributed by atoms with E-state index in [4.69, 9.17) is 26.8 Å². The predicted octanol–water partition coefficient (Wildman–Crippen LogP) is 1.60. The molecule has 15 heavy (non-hydrogen) atoms. The zero-order valence-corrected chi connectivity index (χ0v) is 9.18. The van der Waals surface area contributed by atoms with Crippen molar-refractivity contribution in [1.29, 1.82) is 0 Å². The van der Waals surface area contributed by atoms with Gasteiger partial charge in [0, 0.05) is 5.56 Å². The van der Waals surface area contributed by atoms with Gasteiger partial charge in [0.15, 0.2) is 11.5 Å². The smallest absolute Gasteiger partial charge is 0.243 e. The van der Waals surface area contributed by atoms with Gasteiger partial charge < -0.3 is 15.2 Å². The summed E-state index contributed by atoms with van der Waals surface area (Å²) in [4.78, 5) is 10.9. The van der Waals surface area contributed by atoms with Crippen molar-refractivity contribution in [3.63, 3.8) is 0 Å². The molecule has 0 spiro atoms. The molecule has 0 fully saturated rings. The Kier molecular flexibility index (Phi) is 3.79. The largest absolute Gasteiger partial charge is 0.454 e. The number of nitrogens with two attached hydrogens (primary N) is 1. The Morgan fingerprint density at radius 3 is 2.87 bits per heavy atom. The zero-order chi connectivity index (χ0) is 10.1. The first-order valence-electron chi connectivity index (χ1n) is 4.03. The summed E-state index contributed by atoms with van der Waals surface area (Å²) in [6.07, 6.45) is 0. The topological polar surface area (TPSA) is 61.6 Å². The molecule has 0 aromatic heterocycles. The molecule has 2 N–H and O–H groups in total. The van der Waals surface area contributed by atoms with E-state index in [1.807, 2.05) is 0 Å². The van der Waals surface area contributed by atoms with E-state index in [-0.39, 0.29) is 19.2 Å². The average molecular weight is 250 g/mol. The molecule has 1 aliphatic rings. The maximum atomic E-state index is 10.9. The standard InChI is InChI=1S/C9H8ClNO3.ClH/c10-9(12)7(11)5-2-1-3-6-8(5)14-4-13-6;/h1-3,7H,4,11H2;1H. The number of hydrogen-bond donors (Lipinski definition) is 1. The third-order valence-electron chi connectivity index (χ3n) is 2.01. The Labute approximate surface area is 97.7 Å². The molecule has 0 bridgehead atoms. The van der Waals surface area contributed by atoms with E-state index in [2.05, 4.69) is 0 Å². The maximum absolute atomic E-state index is 10.9. The molecular weight excluding hydrogens is 241 g/mol. The Morgan fingerprint density at radius 2 is 2.20 bits per heavy atom. The van der Waals surface area contributed by atoms with E-state index >= 15 is 0 Å². The molecule has 4 nitrogen and oxygen atoms in total. The van der Waals surface area contributed by atoms with Gasteiger partial charge in [0.2, 0.25) is 12.0 Å². The van der Waals surface area contributed by atoms with Crippen molar-refractivity contribution in [3.05, 3.63) is 23.8 Å². The second kappa shape index (κ2) is 4.70. The molecule has 2 rings (SSSR count). The molecule has 1 aliphatic heterocycles. The highest BCUT2D eigenvalue weighted by Crippen LogP contribution is 2.38. The third kappa shape index (κ3) is 2.17. The van der Waals surface area contributed by atoms with Crippen molar-refractivity contribution in [2.45, 2.75) is 6.04 Å². The van der Waals surface area contributed by atoms with E-state index in [1.54, 1.807) is 18.2 Å². The summed E-state index contributed by atoms with van der Waals surface area (Å²) >= 11 is 5.30. The lowest BCUT2D eigenvalue weighted by molar-refractivity contribution is -0.112. The van der Waals surface area contributed by atoms with E-state index in [1.165, 1.54) is 0 Å². The van der Waals surface area contributed by atoms with Gasteiger partial charge in [-0.3, -0.25) is 4.79 Å². The van der Waals surface area contributed by atoms with Crippen molar-refractivity contribution in [2.75, 3.05) is 6.79 Å². The zero-order valence-electron chi connectivity index (χ0n) is 7.60. The van der Waals surface area contributed by atoms with Crippen LogP contribution in [-0.2, 0) is 4.79 Å². The van der Waals surface area contributed by atoms with Crippen molar-refractivity contribution in [1.82, 2.24) is 0 Å². The molecular formula is C9H9Cl2NO3. The number of para-hydroxylation sites is 1. The molecule has 1 heterocycles. The van der Waals surface area contributed by atoms with E-state index in [0.717, 1.165) is 0 Å². The van der Waals surface area contributed by atoms with Gasteiger partial charge in [-0.05, 0) is 17.7 Å². The van der Waals surface area contributed by atoms with E-state index in [0.29, 0.717) is 17.1 Å². The van der Waals surface area contributed by atoms with Crippen LogP contribution in [-0.4, -0.2) is 12.0 Å². The van der Waals surface area contributed by atoms with Crippen molar-refractivity contribution >= 4 is 29.3 Å². The van der Waals surface area contributed by atoms with Gasteiger partial charge in [-0.15, -0.1) is 12.4 Å². The molecule has 0 amide bonds. The number of carbonyl (C=O) groups is 1. The van der Waals surface area contributed by atoms with Crippen LogP contribution in [0.2, 0.25) is 0 Å². The fourth-order valence-electron chi connectivity index (χ4n) is 1.32. The number of halogens is 2. The highest BCUT2D eigenvalue weighted by atomic mass is 35.5. The van der Waals surface area contributed by atoms with Gasteiger partial charge in [0.1, 0.15) is 6.04 Å². The summed E-state index contributed by atoms with van der Waals surface area (Å²) in [5, 5.41) is -0.617. The summed E-state index contributed by atoms with van der Waals surface area (Å²) in [6, 6.07) is 4.31. The number of hydrogen-bond acceptors (Lipinski definition) is 4. The first-order valence-corrected chi connectivity index (χ1v) is 4.41. The monoisotopic (exact) mass is 249 g/mol. The van der Waals surface area contributed by atoms with Gasteiger partial charge >= 0.3 is 0 Å². The second-order valence-corrected chi connectivity index (χ2v) is 3.24. The lowest BCUT2D eigenvalue weighted by Crippen LogP contribution is -2.17. The van der Waals surface area contributed by atoms with E-state index in [9.17, 15) is 4.79 Å². The predicted molar refractivity (Wildman–Crippen MR) is 57.6 cm³/mol. The Bertz CT molecular complexity index is 384. The van der Waals surface area contributed by atoms with Crippen LogP contribution in [0.15, 0.2) is 18.2 Å². The molecule has 1 unspecified atom stereocenters. The summed E-state index contributed by atoms with van der Waals surface area (Å²) in [5.74, 6) is 1.10. The van der Waals surface area contributed by atoms with Gasteiger partial charge in [0.25, 0.3) is 0 Å². The lowest BCUT2D eigenvalue weighted by Gasteiger charge is -2.09. The Balaban J connectivity index is 0.00000112. The van der Waals surface area contributed by atoms with Crippen LogP contribution in [0.1, 0.15) is 11.6 Å². The molecule has 0 radical (unpaired) electrons. The molecule has 1 atom stereocenters. The van der Waals surface area contributed by atoms with Crippen LogP contribution in [0.25, 0.3) is 0 Å². The van der Waals surface area contributed by atoms with Crippen LogP contribution < -0.4 is 15.2 Å². The second-order valence-electron chi connectivity index (χ2n) is 2.86. The van der Waals surface area contributed by atoms with Gasteiger partial charge in [-0.25, -0.2) is 0 Å². The Morgan fingerprint density at radius 1 is 1.47 bits per heavy atom.